The molecule has 80 valence electrons. The van der Waals surface area contributed by atoms with E-state index in [0.29, 0.717) is 5.92 Å². The van der Waals surface area contributed by atoms with Gasteiger partial charge in [0, 0.05) is 26.6 Å². The summed E-state index contributed by atoms with van der Waals surface area (Å²) in [6.45, 7) is 5.70. The van der Waals surface area contributed by atoms with Crippen molar-refractivity contribution < 1.29 is 4.79 Å². The predicted molar refractivity (Wildman–Crippen MR) is 55.0 cm³/mol. The molecule has 2 aliphatic rings. The SMILES string of the molecule is CC(=O)N[C@@]12CNCC[C@@H]1CN(C)C2. The van der Waals surface area contributed by atoms with Crippen molar-refractivity contribution in [3.05, 3.63) is 0 Å². The Morgan fingerprint density at radius 3 is 3.14 bits per heavy atom. The number of carbonyl (C=O) groups is 1. The first-order chi connectivity index (χ1) is 6.62. The Kier molecular flexibility index (Phi) is 2.49. The van der Waals surface area contributed by atoms with Crippen LogP contribution in [0.15, 0.2) is 0 Å². The number of piperidine rings is 1. The molecule has 0 saturated carbocycles. The zero-order valence-corrected chi connectivity index (χ0v) is 8.97. The van der Waals surface area contributed by atoms with Crippen LogP contribution in [0.4, 0.5) is 0 Å². The number of likely N-dealkylation sites (N-methyl/N-ethyl adjacent to an activating group) is 1. The number of amides is 1. The average molecular weight is 197 g/mol. The Morgan fingerprint density at radius 1 is 1.64 bits per heavy atom. The number of likely N-dealkylation sites (tertiary alicyclic amines) is 1. The van der Waals surface area contributed by atoms with Gasteiger partial charge >= 0.3 is 0 Å². The molecular weight excluding hydrogens is 178 g/mol. The van der Waals surface area contributed by atoms with Gasteiger partial charge in [-0.2, -0.15) is 0 Å². The largest absolute Gasteiger partial charge is 0.348 e. The molecule has 0 spiro atoms. The third-order valence-electron chi connectivity index (χ3n) is 3.40. The Morgan fingerprint density at radius 2 is 2.43 bits per heavy atom. The molecular formula is C10H19N3O. The first kappa shape index (κ1) is 9.93. The second kappa shape index (κ2) is 3.51. The topological polar surface area (TPSA) is 44.4 Å². The van der Waals surface area contributed by atoms with Gasteiger partial charge in [0.2, 0.25) is 5.91 Å². The van der Waals surface area contributed by atoms with Crippen molar-refractivity contribution in [3.8, 4) is 0 Å². The highest BCUT2D eigenvalue weighted by molar-refractivity contribution is 5.74. The van der Waals surface area contributed by atoms with Crippen LogP contribution in [0.2, 0.25) is 0 Å². The molecule has 0 aromatic heterocycles. The zero-order valence-electron chi connectivity index (χ0n) is 8.97. The predicted octanol–water partition coefficient (Wildman–Crippen LogP) is -0.584. The summed E-state index contributed by atoms with van der Waals surface area (Å²) >= 11 is 0. The lowest BCUT2D eigenvalue weighted by Crippen LogP contribution is -2.62. The Bertz CT molecular complexity index is 244. The van der Waals surface area contributed by atoms with E-state index in [4.69, 9.17) is 0 Å². The van der Waals surface area contributed by atoms with E-state index < -0.39 is 0 Å². The molecule has 0 radical (unpaired) electrons. The van der Waals surface area contributed by atoms with E-state index in [1.54, 1.807) is 6.92 Å². The van der Waals surface area contributed by atoms with Gasteiger partial charge in [-0.1, -0.05) is 0 Å². The monoisotopic (exact) mass is 197 g/mol. The smallest absolute Gasteiger partial charge is 0.217 e. The fraction of sp³-hybridized carbons (Fsp3) is 0.900. The highest BCUT2D eigenvalue weighted by Gasteiger charge is 2.47. The maximum Gasteiger partial charge on any atom is 0.217 e. The molecule has 2 fully saturated rings. The van der Waals surface area contributed by atoms with Gasteiger partial charge in [-0.15, -0.1) is 0 Å². The number of rotatable bonds is 1. The van der Waals surface area contributed by atoms with Crippen molar-refractivity contribution in [2.24, 2.45) is 5.92 Å². The third-order valence-corrected chi connectivity index (χ3v) is 3.40. The van der Waals surface area contributed by atoms with Crippen LogP contribution in [0.3, 0.4) is 0 Å². The Hall–Kier alpha value is -0.610. The third kappa shape index (κ3) is 1.64. The summed E-state index contributed by atoms with van der Waals surface area (Å²) in [7, 11) is 2.13. The standard InChI is InChI=1S/C10H19N3O/c1-8(14)12-10-6-11-4-3-9(10)5-13(2)7-10/h9,11H,3-7H2,1-2H3,(H,12,14)/t9-,10-/m1/s1. The summed E-state index contributed by atoms with van der Waals surface area (Å²) in [5.74, 6) is 0.714. The highest BCUT2D eigenvalue weighted by Crippen LogP contribution is 2.31. The zero-order chi connectivity index (χ0) is 10.2. The molecule has 0 aromatic carbocycles. The summed E-state index contributed by atoms with van der Waals surface area (Å²) in [5.41, 5.74) is -0.00116. The van der Waals surface area contributed by atoms with Crippen molar-refractivity contribution in [1.29, 1.82) is 0 Å². The van der Waals surface area contributed by atoms with E-state index in [0.717, 1.165) is 26.2 Å². The lowest BCUT2D eigenvalue weighted by Gasteiger charge is -2.39. The van der Waals surface area contributed by atoms with E-state index >= 15 is 0 Å². The van der Waals surface area contributed by atoms with Gasteiger partial charge in [0.05, 0.1) is 5.54 Å². The number of fused-ring (bicyclic) bond motifs is 1. The first-order valence-electron chi connectivity index (χ1n) is 5.30. The van der Waals surface area contributed by atoms with Gasteiger partial charge in [0.1, 0.15) is 0 Å². The Balaban J connectivity index is 2.14. The maximum absolute atomic E-state index is 11.2. The first-order valence-corrected chi connectivity index (χ1v) is 5.30. The van der Waals surface area contributed by atoms with Gasteiger partial charge in [-0.05, 0) is 25.9 Å². The average Bonchev–Trinajstić information content (AvgIpc) is 2.38. The number of hydrogen-bond acceptors (Lipinski definition) is 3. The minimum Gasteiger partial charge on any atom is -0.348 e. The highest BCUT2D eigenvalue weighted by atomic mass is 16.1. The van der Waals surface area contributed by atoms with Crippen LogP contribution >= 0.6 is 0 Å². The summed E-state index contributed by atoms with van der Waals surface area (Å²) < 4.78 is 0. The molecule has 0 aromatic rings. The van der Waals surface area contributed by atoms with Crippen molar-refractivity contribution in [2.75, 3.05) is 33.2 Å². The lowest BCUT2D eigenvalue weighted by molar-refractivity contribution is -0.121. The Labute approximate surface area is 85.0 Å². The molecule has 2 rings (SSSR count). The van der Waals surface area contributed by atoms with Crippen LogP contribution in [-0.4, -0.2) is 49.6 Å². The number of hydrogen-bond donors (Lipinski definition) is 2. The van der Waals surface area contributed by atoms with Crippen LogP contribution in [0.1, 0.15) is 13.3 Å². The summed E-state index contributed by atoms with van der Waals surface area (Å²) in [5, 5.41) is 6.53. The van der Waals surface area contributed by atoms with Gasteiger partial charge in [0.15, 0.2) is 0 Å². The van der Waals surface area contributed by atoms with Crippen molar-refractivity contribution >= 4 is 5.91 Å². The number of nitrogens with zero attached hydrogens (tertiary/aromatic N) is 1. The lowest BCUT2D eigenvalue weighted by atomic mass is 9.82. The normalized spacial score (nSPS) is 38.0. The molecule has 2 heterocycles. The van der Waals surface area contributed by atoms with Crippen molar-refractivity contribution in [3.63, 3.8) is 0 Å². The molecule has 0 aliphatic carbocycles. The number of carbonyl (C=O) groups excluding carboxylic acids is 1. The molecule has 2 aliphatic heterocycles. The van der Waals surface area contributed by atoms with Gasteiger partial charge in [-0.3, -0.25) is 4.79 Å². The van der Waals surface area contributed by atoms with E-state index in [2.05, 4.69) is 22.6 Å². The fourth-order valence-electron chi connectivity index (χ4n) is 2.92. The van der Waals surface area contributed by atoms with E-state index in [1.807, 2.05) is 0 Å². The van der Waals surface area contributed by atoms with Crippen LogP contribution in [0.25, 0.3) is 0 Å². The molecule has 2 N–H and O–H groups in total. The van der Waals surface area contributed by atoms with Crippen molar-refractivity contribution in [2.45, 2.75) is 18.9 Å². The molecule has 0 unspecified atom stereocenters. The van der Waals surface area contributed by atoms with Gasteiger partial charge < -0.3 is 15.5 Å². The molecule has 4 heteroatoms. The second-order valence-corrected chi connectivity index (χ2v) is 4.70. The van der Waals surface area contributed by atoms with Gasteiger partial charge in [0.25, 0.3) is 0 Å². The van der Waals surface area contributed by atoms with Crippen LogP contribution in [0, 0.1) is 5.92 Å². The maximum atomic E-state index is 11.2. The molecule has 4 nitrogen and oxygen atoms in total. The van der Waals surface area contributed by atoms with Crippen LogP contribution in [-0.2, 0) is 4.79 Å². The van der Waals surface area contributed by atoms with Gasteiger partial charge in [-0.25, -0.2) is 0 Å². The van der Waals surface area contributed by atoms with E-state index in [9.17, 15) is 4.79 Å². The van der Waals surface area contributed by atoms with Crippen LogP contribution in [0.5, 0.6) is 0 Å². The second-order valence-electron chi connectivity index (χ2n) is 4.70. The molecule has 2 saturated heterocycles. The minimum atomic E-state index is -0.00116. The molecule has 2 atom stereocenters. The summed E-state index contributed by atoms with van der Waals surface area (Å²) in [6, 6.07) is 0. The van der Waals surface area contributed by atoms with E-state index in [1.165, 1.54) is 6.42 Å². The minimum absolute atomic E-state index is 0.00116. The summed E-state index contributed by atoms with van der Waals surface area (Å²) in [4.78, 5) is 13.5. The molecule has 1 amide bonds. The number of nitrogens with one attached hydrogen (secondary N) is 2. The molecule has 14 heavy (non-hydrogen) atoms. The van der Waals surface area contributed by atoms with Crippen LogP contribution < -0.4 is 10.6 Å². The fourth-order valence-corrected chi connectivity index (χ4v) is 2.92. The summed E-state index contributed by atoms with van der Waals surface area (Å²) in [6.07, 6.45) is 1.17. The van der Waals surface area contributed by atoms with E-state index in [-0.39, 0.29) is 11.4 Å². The van der Waals surface area contributed by atoms with Crippen molar-refractivity contribution in [1.82, 2.24) is 15.5 Å². The molecule has 0 bridgehead atoms. The quantitative estimate of drug-likeness (QED) is 0.591.